The topological polar surface area (TPSA) is 64.4 Å². The molecule has 0 radical (unpaired) electrons. The normalized spacial score (nSPS) is 13.9. The molecule has 1 unspecified atom stereocenters. The Balaban J connectivity index is 2.68. The minimum Gasteiger partial charge on any atom is -0.497 e. The third-order valence-corrected chi connectivity index (χ3v) is 3.31. The lowest BCUT2D eigenvalue weighted by Crippen LogP contribution is -2.42. The highest BCUT2D eigenvalue weighted by Gasteiger charge is 2.19. The van der Waals surface area contributed by atoms with Crippen molar-refractivity contribution in [3.05, 3.63) is 29.8 Å². The lowest BCUT2D eigenvalue weighted by molar-refractivity contribution is -0.123. The molecule has 0 bridgehead atoms. The van der Waals surface area contributed by atoms with Crippen molar-refractivity contribution >= 4 is 5.91 Å². The first-order valence-corrected chi connectivity index (χ1v) is 7.17. The molecule has 1 amide bonds. The monoisotopic (exact) mass is 278 g/mol. The third kappa shape index (κ3) is 4.85. The molecule has 2 atom stereocenters. The van der Waals surface area contributed by atoms with E-state index in [0.717, 1.165) is 17.7 Å². The van der Waals surface area contributed by atoms with Crippen molar-refractivity contribution in [3.8, 4) is 5.75 Å². The van der Waals surface area contributed by atoms with Crippen LogP contribution in [0.4, 0.5) is 0 Å². The van der Waals surface area contributed by atoms with Gasteiger partial charge < -0.3 is 15.8 Å². The van der Waals surface area contributed by atoms with Crippen LogP contribution in [0.15, 0.2) is 24.3 Å². The minimum absolute atomic E-state index is 0.00776. The van der Waals surface area contributed by atoms with Crippen LogP contribution in [-0.2, 0) is 4.79 Å². The summed E-state index contributed by atoms with van der Waals surface area (Å²) < 4.78 is 5.14. The molecular weight excluding hydrogens is 252 g/mol. The van der Waals surface area contributed by atoms with Crippen molar-refractivity contribution in [1.82, 2.24) is 5.32 Å². The van der Waals surface area contributed by atoms with Gasteiger partial charge in [0.2, 0.25) is 5.91 Å². The Hall–Kier alpha value is -1.55. The fourth-order valence-electron chi connectivity index (χ4n) is 2.15. The van der Waals surface area contributed by atoms with Crippen LogP contribution >= 0.6 is 0 Å². The largest absolute Gasteiger partial charge is 0.497 e. The number of carbonyl (C=O) groups is 1. The van der Waals surface area contributed by atoms with E-state index in [1.165, 1.54) is 0 Å². The Bertz CT molecular complexity index is 415. The standard InChI is InChI=1S/C16H26N2O2/c1-5-15(12-6-8-13(20-4)9-7-12)18-16(19)14(17)10-11(2)3/h6-9,11,14-15H,5,10,17H2,1-4H3,(H,18,19)/t14-,15?/m1/s1. The van der Waals surface area contributed by atoms with Gasteiger partial charge in [-0.2, -0.15) is 0 Å². The highest BCUT2D eigenvalue weighted by molar-refractivity contribution is 5.81. The molecule has 4 nitrogen and oxygen atoms in total. The molecule has 112 valence electrons. The summed E-state index contributed by atoms with van der Waals surface area (Å²) in [6, 6.07) is 7.30. The van der Waals surface area contributed by atoms with Crippen molar-refractivity contribution in [2.45, 2.75) is 45.7 Å². The van der Waals surface area contributed by atoms with Crippen molar-refractivity contribution in [2.75, 3.05) is 7.11 Å². The molecule has 0 aromatic heterocycles. The zero-order chi connectivity index (χ0) is 15.1. The molecule has 20 heavy (non-hydrogen) atoms. The molecule has 0 saturated carbocycles. The van der Waals surface area contributed by atoms with E-state index in [1.807, 2.05) is 31.2 Å². The average molecular weight is 278 g/mol. The third-order valence-electron chi connectivity index (χ3n) is 3.31. The van der Waals surface area contributed by atoms with E-state index in [9.17, 15) is 4.79 Å². The smallest absolute Gasteiger partial charge is 0.237 e. The van der Waals surface area contributed by atoms with E-state index in [2.05, 4.69) is 19.2 Å². The van der Waals surface area contributed by atoms with Gasteiger partial charge in [-0.3, -0.25) is 4.79 Å². The van der Waals surface area contributed by atoms with Crippen molar-refractivity contribution < 1.29 is 9.53 Å². The summed E-state index contributed by atoms with van der Waals surface area (Å²) in [5, 5.41) is 3.02. The number of carbonyl (C=O) groups excluding carboxylic acids is 1. The van der Waals surface area contributed by atoms with Crippen molar-refractivity contribution in [2.24, 2.45) is 11.7 Å². The van der Waals surface area contributed by atoms with E-state index in [1.54, 1.807) is 7.11 Å². The maximum atomic E-state index is 12.1. The highest BCUT2D eigenvalue weighted by Crippen LogP contribution is 2.20. The molecule has 1 aromatic rings. The number of rotatable bonds is 7. The summed E-state index contributed by atoms with van der Waals surface area (Å²) in [6.07, 6.45) is 1.53. The van der Waals surface area contributed by atoms with Crippen LogP contribution in [0, 0.1) is 5.92 Å². The van der Waals surface area contributed by atoms with Gasteiger partial charge in [0, 0.05) is 0 Å². The number of ether oxygens (including phenoxy) is 1. The van der Waals surface area contributed by atoms with E-state index in [4.69, 9.17) is 10.5 Å². The van der Waals surface area contributed by atoms with Crippen LogP contribution in [-0.4, -0.2) is 19.1 Å². The SMILES string of the molecule is CCC(NC(=O)[C@H](N)CC(C)C)c1ccc(OC)cc1. The summed E-state index contributed by atoms with van der Waals surface area (Å²) in [7, 11) is 1.64. The van der Waals surface area contributed by atoms with Gasteiger partial charge >= 0.3 is 0 Å². The number of hydrogen-bond donors (Lipinski definition) is 2. The fourth-order valence-corrected chi connectivity index (χ4v) is 2.15. The molecule has 0 heterocycles. The van der Waals surface area contributed by atoms with Crippen LogP contribution in [0.3, 0.4) is 0 Å². The van der Waals surface area contributed by atoms with Crippen molar-refractivity contribution in [3.63, 3.8) is 0 Å². The van der Waals surface area contributed by atoms with Gasteiger partial charge in [-0.05, 0) is 36.5 Å². The van der Waals surface area contributed by atoms with Crippen LogP contribution in [0.1, 0.15) is 45.2 Å². The van der Waals surface area contributed by atoms with Gasteiger partial charge in [0.1, 0.15) is 5.75 Å². The zero-order valence-electron chi connectivity index (χ0n) is 12.8. The van der Waals surface area contributed by atoms with Crippen LogP contribution in [0.5, 0.6) is 5.75 Å². The van der Waals surface area contributed by atoms with Gasteiger partial charge in [0.15, 0.2) is 0 Å². The Morgan fingerprint density at radius 1 is 1.30 bits per heavy atom. The van der Waals surface area contributed by atoms with E-state index >= 15 is 0 Å². The number of amides is 1. The lowest BCUT2D eigenvalue weighted by atomic mass is 10.0. The number of methoxy groups -OCH3 is 1. The van der Waals surface area contributed by atoms with E-state index < -0.39 is 6.04 Å². The second-order valence-corrected chi connectivity index (χ2v) is 5.48. The number of nitrogens with one attached hydrogen (secondary N) is 1. The Morgan fingerprint density at radius 2 is 1.90 bits per heavy atom. The van der Waals surface area contributed by atoms with Gasteiger partial charge in [-0.1, -0.05) is 32.9 Å². The quantitative estimate of drug-likeness (QED) is 0.806. The highest BCUT2D eigenvalue weighted by atomic mass is 16.5. The molecule has 0 aliphatic carbocycles. The molecule has 3 N–H and O–H groups in total. The number of hydrogen-bond acceptors (Lipinski definition) is 3. The maximum absolute atomic E-state index is 12.1. The second-order valence-electron chi connectivity index (χ2n) is 5.48. The second kappa shape index (κ2) is 7.90. The Labute approximate surface area is 121 Å². The summed E-state index contributed by atoms with van der Waals surface area (Å²) in [5.41, 5.74) is 6.98. The molecular formula is C16H26N2O2. The first kappa shape index (κ1) is 16.5. The van der Waals surface area contributed by atoms with E-state index in [0.29, 0.717) is 12.3 Å². The molecule has 0 saturated heterocycles. The van der Waals surface area contributed by atoms with Gasteiger partial charge in [0.25, 0.3) is 0 Å². The number of nitrogens with two attached hydrogens (primary N) is 1. The molecule has 1 rings (SSSR count). The van der Waals surface area contributed by atoms with Crippen molar-refractivity contribution in [1.29, 1.82) is 0 Å². The predicted octanol–water partition coefficient (Wildman–Crippen LogP) is 2.64. The lowest BCUT2D eigenvalue weighted by Gasteiger charge is -2.21. The summed E-state index contributed by atoms with van der Waals surface area (Å²) >= 11 is 0. The molecule has 4 heteroatoms. The molecule has 0 aliphatic rings. The molecule has 0 spiro atoms. The van der Waals surface area contributed by atoms with Gasteiger partial charge in [-0.15, -0.1) is 0 Å². The summed E-state index contributed by atoms with van der Waals surface area (Å²) in [6.45, 7) is 6.17. The van der Waals surface area contributed by atoms with Crippen LogP contribution < -0.4 is 15.8 Å². The molecule has 0 fully saturated rings. The van der Waals surface area contributed by atoms with Gasteiger partial charge in [-0.25, -0.2) is 0 Å². The van der Waals surface area contributed by atoms with E-state index in [-0.39, 0.29) is 11.9 Å². The van der Waals surface area contributed by atoms with Crippen LogP contribution in [0.25, 0.3) is 0 Å². The molecule has 1 aromatic carbocycles. The fraction of sp³-hybridized carbons (Fsp3) is 0.562. The number of benzene rings is 1. The summed E-state index contributed by atoms with van der Waals surface area (Å²) in [4.78, 5) is 12.1. The molecule has 0 aliphatic heterocycles. The first-order valence-electron chi connectivity index (χ1n) is 7.17. The average Bonchev–Trinajstić information content (AvgIpc) is 2.43. The first-order chi connectivity index (χ1) is 9.47. The predicted molar refractivity (Wildman–Crippen MR) is 81.6 cm³/mol. The Morgan fingerprint density at radius 3 is 2.35 bits per heavy atom. The minimum atomic E-state index is -0.442. The van der Waals surface area contributed by atoms with Gasteiger partial charge in [0.05, 0.1) is 19.2 Å². The zero-order valence-corrected chi connectivity index (χ0v) is 12.8. The summed E-state index contributed by atoms with van der Waals surface area (Å²) in [5.74, 6) is 1.14. The Kier molecular flexibility index (Phi) is 6.52. The maximum Gasteiger partial charge on any atom is 0.237 e. The van der Waals surface area contributed by atoms with Crippen LogP contribution in [0.2, 0.25) is 0 Å².